The van der Waals surface area contributed by atoms with Crippen molar-refractivity contribution in [2.75, 3.05) is 40.9 Å². The monoisotopic (exact) mass is 1150 g/mol. The van der Waals surface area contributed by atoms with Gasteiger partial charge in [-0.05, 0) is 102 Å². The molecule has 0 saturated carbocycles. The summed E-state index contributed by atoms with van der Waals surface area (Å²) in [5, 5.41) is 3.03. The average molecular weight is 1160 g/mol. The van der Waals surface area contributed by atoms with Crippen molar-refractivity contribution in [2.24, 2.45) is 0 Å². The number of carbonyl (C=O) groups excluding carboxylic acids is 2. The summed E-state index contributed by atoms with van der Waals surface area (Å²) in [7, 11) is 1.18. The van der Waals surface area contributed by atoms with E-state index in [-0.39, 0.29) is 24.9 Å². The van der Waals surface area contributed by atoms with Gasteiger partial charge in [0.25, 0.3) is 7.82 Å². The van der Waals surface area contributed by atoms with E-state index in [1.807, 2.05) is 33.3 Å². The van der Waals surface area contributed by atoms with Crippen LogP contribution in [0.25, 0.3) is 0 Å². The molecule has 0 aliphatic heterocycles. The van der Waals surface area contributed by atoms with Crippen molar-refractivity contribution >= 4 is 19.7 Å². The average Bonchev–Trinajstić information content (AvgIpc) is 3.43. The number of carbonyl (C=O) groups is 2. The van der Waals surface area contributed by atoms with Gasteiger partial charge in [0, 0.05) is 12.8 Å². The number of phosphoric acid groups is 1. The van der Waals surface area contributed by atoms with Crippen molar-refractivity contribution in [1.82, 2.24) is 5.32 Å². The first-order valence-electron chi connectivity index (χ1n) is 34.2. The molecule has 0 aromatic carbocycles. The molecule has 3 atom stereocenters. The molecular weight excluding hydrogens is 1020 g/mol. The van der Waals surface area contributed by atoms with Crippen LogP contribution in [0.3, 0.4) is 0 Å². The largest absolute Gasteiger partial charge is 0.756 e. The van der Waals surface area contributed by atoms with Crippen LogP contribution in [0.15, 0.2) is 72.9 Å². The molecule has 81 heavy (non-hydrogen) atoms. The van der Waals surface area contributed by atoms with Crippen LogP contribution in [0.4, 0.5) is 0 Å². The van der Waals surface area contributed by atoms with Crippen LogP contribution >= 0.6 is 7.82 Å². The Kier molecular flexibility index (Phi) is 58.7. The Morgan fingerprint density at radius 3 is 1.16 bits per heavy atom. The highest BCUT2D eigenvalue weighted by Gasteiger charge is 2.27. The van der Waals surface area contributed by atoms with E-state index in [1.54, 1.807) is 0 Å². The van der Waals surface area contributed by atoms with Gasteiger partial charge in [0.2, 0.25) is 5.91 Å². The number of phosphoric ester groups is 1. The molecule has 9 nitrogen and oxygen atoms in total. The Bertz CT molecular complexity index is 1620. The summed E-state index contributed by atoms with van der Waals surface area (Å²) in [6, 6.07) is -0.899. The van der Waals surface area contributed by atoms with Gasteiger partial charge in [0.15, 0.2) is 0 Å². The Labute approximate surface area is 502 Å². The number of hydrogen-bond acceptors (Lipinski definition) is 7. The molecule has 472 valence electrons. The van der Waals surface area contributed by atoms with E-state index in [0.717, 1.165) is 89.9 Å². The zero-order valence-electron chi connectivity index (χ0n) is 54.0. The second-order valence-electron chi connectivity index (χ2n) is 24.3. The Morgan fingerprint density at radius 1 is 0.432 bits per heavy atom. The first-order chi connectivity index (χ1) is 39.4. The normalized spacial score (nSPS) is 14.0. The molecule has 0 aliphatic rings. The zero-order valence-corrected chi connectivity index (χ0v) is 54.9. The van der Waals surface area contributed by atoms with Gasteiger partial charge >= 0.3 is 5.97 Å². The first-order valence-corrected chi connectivity index (χ1v) is 35.7. The summed E-state index contributed by atoms with van der Waals surface area (Å²) in [5.74, 6) is -0.556. The topological polar surface area (TPSA) is 114 Å². The van der Waals surface area contributed by atoms with Gasteiger partial charge in [-0.2, -0.15) is 0 Å². The Balaban J connectivity index is 5.11. The third-order valence-electron chi connectivity index (χ3n) is 15.1. The van der Waals surface area contributed by atoms with E-state index >= 15 is 0 Å². The minimum Gasteiger partial charge on any atom is -0.756 e. The molecule has 0 aromatic rings. The minimum atomic E-state index is -4.71. The molecule has 10 heteroatoms. The number of amides is 1. The van der Waals surface area contributed by atoms with E-state index in [0.29, 0.717) is 23.9 Å². The summed E-state index contributed by atoms with van der Waals surface area (Å²) in [6.45, 7) is 6.82. The van der Waals surface area contributed by atoms with Crippen molar-refractivity contribution in [1.29, 1.82) is 0 Å². The summed E-state index contributed by atoms with van der Waals surface area (Å²) in [6.07, 6.45) is 78.8. The molecule has 0 heterocycles. The van der Waals surface area contributed by atoms with E-state index in [1.165, 1.54) is 186 Å². The fraction of sp³-hybridized carbons (Fsp3) is 0.803. The van der Waals surface area contributed by atoms with Gasteiger partial charge in [0.1, 0.15) is 19.3 Å². The maximum Gasteiger partial charge on any atom is 0.306 e. The summed E-state index contributed by atoms with van der Waals surface area (Å²) in [4.78, 5) is 40.1. The van der Waals surface area contributed by atoms with Gasteiger partial charge in [-0.3, -0.25) is 14.2 Å². The molecule has 0 bridgehead atoms. The lowest BCUT2D eigenvalue weighted by Gasteiger charge is -2.30. The van der Waals surface area contributed by atoms with Crippen molar-refractivity contribution in [3.8, 4) is 0 Å². The summed E-state index contributed by atoms with van der Waals surface area (Å²) in [5.41, 5.74) is 0. The van der Waals surface area contributed by atoms with Crippen molar-refractivity contribution < 1.29 is 37.3 Å². The number of rotatable bonds is 62. The van der Waals surface area contributed by atoms with Crippen LogP contribution in [0.1, 0.15) is 316 Å². The molecule has 0 radical (unpaired) electrons. The van der Waals surface area contributed by atoms with E-state index < -0.39 is 26.6 Å². The lowest BCUT2D eigenvalue weighted by Crippen LogP contribution is -2.47. The van der Waals surface area contributed by atoms with Crippen LogP contribution in [-0.2, 0) is 27.9 Å². The Morgan fingerprint density at radius 2 is 0.753 bits per heavy atom. The number of nitrogens with zero attached hydrogens (tertiary/aromatic N) is 1. The Hall–Kier alpha value is -2.55. The maximum atomic E-state index is 13.6. The second kappa shape index (κ2) is 60.6. The second-order valence-corrected chi connectivity index (χ2v) is 25.7. The van der Waals surface area contributed by atoms with Crippen LogP contribution < -0.4 is 10.2 Å². The maximum absolute atomic E-state index is 13.6. The molecule has 3 unspecified atom stereocenters. The molecule has 0 aromatic heterocycles. The fourth-order valence-electron chi connectivity index (χ4n) is 9.80. The summed E-state index contributed by atoms with van der Waals surface area (Å²) < 4.78 is 30.4. The number of likely N-dealkylation sites (N-methyl/N-ethyl adjacent to an activating group) is 1. The quantitative estimate of drug-likeness (QED) is 0.0212. The number of ether oxygens (including phenoxy) is 1. The van der Waals surface area contributed by atoms with Crippen molar-refractivity contribution in [3.63, 3.8) is 0 Å². The van der Waals surface area contributed by atoms with Crippen LogP contribution in [-0.4, -0.2) is 69.4 Å². The lowest BCUT2D eigenvalue weighted by molar-refractivity contribution is -0.870. The number of hydrogen-bond donors (Lipinski definition) is 1. The smallest absolute Gasteiger partial charge is 0.306 e. The molecule has 0 fully saturated rings. The van der Waals surface area contributed by atoms with Crippen LogP contribution in [0, 0.1) is 0 Å². The number of allylic oxidation sites excluding steroid dienone is 11. The van der Waals surface area contributed by atoms with Crippen LogP contribution in [0.5, 0.6) is 0 Å². The highest BCUT2D eigenvalue weighted by molar-refractivity contribution is 7.45. The van der Waals surface area contributed by atoms with E-state index in [9.17, 15) is 19.0 Å². The molecule has 0 spiro atoms. The third kappa shape index (κ3) is 61.8. The molecular formula is C71H131N2O7P. The lowest BCUT2D eigenvalue weighted by atomic mass is 10.0. The van der Waals surface area contributed by atoms with Crippen molar-refractivity contribution in [3.05, 3.63) is 72.9 Å². The zero-order chi connectivity index (χ0) is 59.3. The van der Waals surface area contributed by atoms with Gasteiger partial charge in [-0.1, -0.05) is 274 Å². The van der Waals surface area contributed by atoms with E-state index in [4.69, 9.17) is 13.8 Å². The predicted molar refractivity (Wildman–Crippen MR) is 348 cm³/mol. The SMILES string of the molecule is CCCCC/C=C\C/C=C\C/C=C\C/C=C\CCCCCCCC(=O)OC(/C=C/CCCCCCCCCCC)C(COP(=O)([O-])OCC[N+](C)(C)C)NC(=O)CCCCCCCCCCCCCCC/C=C/CCCCCCCC. The minimum absolute atomic E-state index is 0.0270. The highest BCUT2D eigenvalue weighted by atomic mass is 31.2. The van der Waals surface area contributed by atoms with Gasteiger partial charge in [-0.15, -0.1) is 0 Å². The molecule has 0 saturated heterocycles. The van der Waals surface area contributed by atoms with Gasteiger partial charge in [-0.25, -0.2) is 0 Å². The molecule has 1 amide bonds. The third-order valence-corrected chi connectivity index (χ3v) is 16.1. The molecule has 1 N–H and O–H groups in total. The number of esters is 1. The molecule has 0 aliphatic carbocycles. The predicted octanol–water partition coefficient (Wildman–Crippen LogP) is 20.9. The fourth-order valence-corrected chi connectivity index (χ4v) is 10.5. The highest BCUT2D eigenvalue weighted by Crippen LogP contribution is 2.38. The number of unbranched alkanes of at least 4 members (excludes halogenated alkanes) is 36. The standard InChI is InChI=1S/C71H131N2O7P/c1-7-10-13-16-19-22-25-27-29-31-33-35-36-38-39-41-43-45-48-51-54-57-60-63-70(74)72-68(67-79-81(76,77)78-66-65-73(4,5)6)69(62-59-56-53-50-47-24-21-18-15-12-9-3)80-71(75)64-61-58-55-52-49-46-44-42-40-37-34-32-30-28-26-23-20-17-14-11-8-2/h20,23,27-30,34,37,42,44,59,62,68-69H,7-19,21-22,24-26,31-33,35-36,38-41,43,45-58,60-61,63-67H2,1-6H3,(H-,72,74,76,77)/b23-20-,29-27+,30-28-,37-34-,44-42-,62-59+. The molecule has 0 rings (SSSR count). The van der Waals surface area contributed by atoms with Crippen LogP contribution in [0.2, 0.25) is 0 Å². The number of nitrogens with one attached hydrogen (secondary N) is 1. The van der Waals surface area contributed by atoms with E-state index in [2.05, 4.69) is 86.8 Å². The van der Waals surface area contributed by atoms with Gasteiger partial charge in [0.05, 0.1) is 33.8 Å². The first kappa shape index (κ1) is 78.5. The summed E-state index contributed by atoms with van der Waals surface area (Å²) >= 11 is 0. The number of quaternary nitrogens is 1. The van der Waals surface area contributed by atoms with Gasteiger partial charge < -0.3 is 28.5 Å². The van der Waals surface area contributed by atoms with Crippen molar-refractivity contribution in [2.45, 2.75) is 328 Å².